The third-order valence-corrected chi connectivity index (χ3v) is 6.93. The molecule has 3 aromatic carbocycles. The van der Waals surface area contributed by atoms with E-state index < -0.39 is 5.82 Å². The molecule has 1 saturated carbocycles. The lowest BCUT2D eigenvalue weighted by Crippen LogP contribution is -2.40. The van der Waals surface area contributed by atoms with Gasteiger partial charge >= 0.3 is 0 Å². The number of carbonyl (C=O) groups excluding carboxylic acids is 2. The fraction of sp³-hybridized carbons (Fsp3) is 0.267. The molecule has 38 heavy (non-hydrogen) atoms. The minimum Gasteiger partial charge on any atom is -0.362 e. The number of nitrogens with zero attached hydrogens (tertiary/aromatic N) is 3. The van der Waals surface area contributed by atoms with Gasteiger partial charge in [-0.1, -0.05) is 30.3 Å². The van der Waals surface area contributed by atoms with Crippen LogP contribution in [0.4, 0.5) is 16.2 Å². The van der Waals surface area contributed by atoms with Gasteiger partial charge in [-0.25, -0.2) is 9.37 Å². The van der Waals surface area contributed by atoms with Gasteiger partial charge in [0.25, 0.3) is 5.91 Å². The number of fused-ring (bicyclic) bond motifs is 1. The predicted octanol–water partition coefficient (Wildman–Crippen LogP) is 5.22. The number of ketones is 1. The summed E-state index contributed by atoms with van der Waals surface area (Å²) in [5.74, 6) is 0.473. The second-order valence-electron chi connectivity index (χ2n) is 9.83. The van der Waals surface area contributed by atoms with E-state index in [-0.39, 0.29) is 23.8 Å². The Kier molecular flexibility index (Phi) is 7.31. The van der Waals surface area contributed by atoms with E-state index in [0.29, 0.717) is 22.6 Å². The number of hydrogen-bond acceptors (Lipinski definition) is 6. The Morgan fingerprint density at radius 1 is 0.816 bits per heavy atom. The maximum atomic E-state index is 13.3. The van der Waals surface area contributed by atoms with Crippen LogP contribution in [0.2, 0.25) is 0 Å². The van der Waals surface area contributed by atoms with Crippen molar-refractivity contribution in [3.8, 4) is 0 Å². The predicted molar refractivity (Wildman–Crippen MR) is 147 cm³/mol. The van der Waals surface area contributed by atoms with Crippen molar-refractivity contribution in [1.82, 2.24) is 15.3 Å². The lowest BCUT2D eigenvalue weighted by Gasteiger charge is -2.30. The molecular formula is C30H30FN5O2. The Hall–Kier alpha value is -4.33. The van der Waals surface area contributed by atoms with Crippen LogP contribution in [0.15, 0.2) is 72.8 Å². The molecule has 2 N–H and O–H groups in total. The lowest BCUT2D eigenvalue weighted by molar-refractivity contribution is 0.0917. The molecule has 0 aliphatic heterocycles. The molecule has 8 heteroatoms. The zero-order chi connectivity index (χ0) is 26.6. The van der Waals surface area contributed by atoms with E-state index in [9.17, 15) is 14.0 Å². The first kappa shape index (κ1) is 25.3. The van der Waals surface area contributed by atoms with Gasteiger partial charge in [-0.15, -0.1) is 0 Å². The van der Waals surface area contributed by atoms with Crippen molar-refractivity contribution in [2.45, 2.75) is 37.8 Å². The Balaban J connectivity index is 1.22. The highest BCUT2D eigenvalue weighted by Gasteiger charge is 2.25. The fourth-order valence-corrected chi connectivity index (χ4v) is 4.93. The second-order valence-corrected chi connectivity index (χ2v) is 9.83. The third-order valence-electron chi connectivity index (χ3n) is 6.93. The summed E-state index contributed by atoms with van der Waals surface area (Å²) in [4.78, 5) is 37.6. The molecule has 1 aliphatic carbocycles. The maximum Gasteiger partial charge on any atom is 0.252 e. The molecule has 0 radical (unpaired) electrons. The van der Waals surface area contributed by atoms with Gasteiger partial charge in [0, 0.05) is 42.7 Å². The van der Waals surface area contributed by atoms with Crippen LogP contribution in [-0.2, 0) is 0 Å². The van der Waals surface area contributed by atoms with Crippen LogP contribution in [0.5, 0.6) is 0 Å². The summed E-state index contributed by atoms with van der Waals surface area (Å²) in [6, 6.07) is 20.3. The second kappa shape index (κ2) is 11.0. The number of rotatable bonds is 7. The molecule has 0 unspecified atom stereocenters. The average molecular weight is 512 g/mol. The number of halogens is 1. The van der Waals surface area contributed by atoms with Gasteiger partial charge in [-0.3, -0.25) is 9.59 Å². The summed E-state index contributed by atoms with van der Waals surface area (Å²) in [5, 5.41) is 7.60. The van der Waals surface area contributed by atoms with Gasteiger partial charge in [0.2, 0.25) is 5.95 Å². The lowest BCUT2D eigenvalue weighted by atomic mass is 9.90. The molecule has 0 saturated heterocycles. The van der Waals surface area contributed by atoms with Crippen LogP contribution in [0, 0.1) is 5.82 Å². The molecule has 0 spiro atoms. The molecule has 0 atom stereocenters. The molecule has 7 nitrogen and oxygen atoms in total. The minimum absolute atomic E-state index is 0.00406. The normalized spacial score (nSPS) is 17.1. The largest absolute Gasteiger partial charge is 0.362 e. The number of anilines is 2. The standard InChI is InChI=1S/C30H30FN5O2/c1-36(2)28-25-9-5-6-10-26(25)34-30(35-28)33-22-17-15-21(16-18-22)32-29(38)24-8-4-3-7-23(24)27(37)19-11-13-20(31)14-12-19/h3-14,21-22H,15-18H2,1-2H3,(H,32,38)(H,33,34,35)/t21-,22+. The molecule has 194 valence electrons. The molecule has 1 heterocycles. The Morgan fingerprint density at radius 2 is 1.45 bits per heavy atom. The summed E-state index contributed by atoms with van der Waals surface area (Å²) in [5.41, 5.74) is 1.86. The molecule has 0 bridgehead atoms. The smallest absolute Gasteiger partial charge is 0.252 e. The number of nitrogens with one attached hydrogen (secondary N) is 2. The zero-order valence-corrected chi connectivity index (χ0v) is 21.4. The van der Waals surface area contributed by atoms with Crippen molar-refractivity contribution in [2.75, 3.05) is 24.3 Å². The highest BCUT2D eigenvalue weighted by Crippen LogP contribution is 2.27. The fourth-order valence-electron chi connectivity index (χ4n) is 4.93. The van der Waals surface area contributed by atoms with Crippen molar-refractivity contribution in [2.24, 2.45) is 0 Å². The van der Waals surface area contributed by atoms with Crippen LogP contribution >= 0.6 is 0 Å². The monoisotopic (exact) mass is 511 g/mol. The van der Waals surface area contributed by atoms with Crippen molar-refractivity contribution in [3.63, 3.8) is 0 Å². The number of amides is 1. The highest BCUT2D eigenvalue weighted by atomic mass is 19.1. The van der Waals surface area contributed by atoms with E-state index in [1.165, 1.54) is 24.3 Å². The van der Waals surface area contributed by atoms with Crippen LogP contribution in [-0.4, -0.2) is 47.8 Å². The van der Waals surface area contributed by atoms with Crippen molar-refractivity contribution >= 4 is 34.4 Å². The molecule has 1 amide bonds. The van der Waals surface area contributed by atoms with Gasteiger partial charge in [0.15, 0.2) is 5.78 Å². The van der Waals surface area contributed by atoms with E-state index in [4.69, 9.17) is 9.97 Å². The Bertz CT molecular complexity index is 1460. The number of aromatic nitrogens is 2. The van der Waals surface area contributed by atoms with Gasteiger partial charge < -0.3 is 15.5 Å². The molecule has 1 fully saturated rings. The summed E-state index contributed by atoms with van der Waals surface area (Å²) in [6.07, 6.45) is 3.31. The summed E-state index contributed by atoms with van der Waals surface area (Å²) >= 11 is 0. The van der Waals surface area contributed by atoms with Crippen molar-refractivity contribution < 1.29 is 14.0 Å². The number of hydrogen-bond donors (Lipinski definition) is 2. The van der Waals surface area contributed by atoms with Gasteiger partial charge in [0.1, 0.15) is 11.6 Å². The molecule has 4 aromatic rings. The number of benzene rings is 3. The first-order valence-corrected chi connectivity index (χ1v) is 12.8. The minimum atomic E-state index is -0.414. The Labute approximate surface area is 221 Å². The van der Waals surface area contributed by atoms with Crippen LogP contribution < -0.4 is 15.5 Å². The maximum absolute atomic E-state index is 13.3. The summed E-state index contributed by atoms with van der Waals surface area (Å²) < 4.78 is 13.3. The van der Waals surface area contributed by atoms with E-state index >= 15 is 0 Å². The first-order chi connectivity index (χ1) is 18.4. The Morgan fingerprint density at radius 3 is 2.16 bits per heavy atom. The number of para-hydroxylation sites is 1. The summed E-state index contributed by atoms with van der Waals surface area (Å²) in [7, 11) is 3.94. The van der Waals surface area contributed by atoms with E-state index in [0.717, 1.165) is 42.4 Å². The molecular weight excluding hydrogens is 481 g/mol. The van der Waals surface area contributed by atoms with E-state index in [1.54, 1.807) is 24.3 Å². The average Bonchev–Trinajstić information content (AvgIpc) is 2.93. The van der Waals surface area contributed by atoms with Gasteiger partial charge in [-0.2, -0.15) is 4.98 Å². The van der Waals surface area contributed by atoms with Gasteiger partial charge in [-0.05, 0) is 68.1 Å². The zero-order valence-electron chi connectivity index (χ0n) is 21.4. The van der Waals surface area contributed by atoms with Crippen LogP contribution in [0.3, 0.4) is 0 Å². The summed E-state index contributed by atoms with van der Waals surface area (Å²) in [6.45, 7) is 0. The molecule has 1 aliphatic rings. The topological polar surface area (TPSA) is 87.2 Å². The van der Waals surface area contributed by atoms with Crippen molar-refractivity contribution in [3.05, 3.63) is 95.3 Å². The van der Waals surface area contributed by atoms with E-state index in [1.807, 2.05) is 43.3 Å². The van der Waals surface area contributed by atoms with Crippen LogP contribution in [0.25, 0.3) is 10.9 Å². The van der Waals surface area contributed by atoms with Gasteiger partial charge in [0.05, 0.1) is 11.1 Å². The SMILES string of the molecule is CN(C)c1nc(N[C@H]2CC[C@@H](NC(=O)c3ccccc3C(=O)c3ccc(F)cc3)CC2)nc2ccccc12. The van der Waals surface area contributed by atoms with E-state index in [2.05, 4.69) is 10.6 Å². The molecule has 5 rings (SSSR count). The third kappa shape index (κ3) is 5.49. The van der Waals surface area contributed by atoms with Crippen LogP contribution in [0.1, 0.15) is 52.0 Å². The quantitative estimate of drug-likeness (QED) is 0.331. The first-order valence-electron chi connectivity index (χ1n) is 12.8. The van der Waals surface area contributed by atoms with Crippen molar-refractivity contribution in [1.29, 1.82) is 0 Å². The molecule has 1 aromatic heterocycles. The number of carbonyl (C=O) groups is 2. The highest BCUT2D eigenvalue weighted by molar-refractivity contribution is 6.15.